The molecule has 2 N–H and O–H groups in total. The van der Waals surface area contributed by atoms with E-state index in [0.29, 0.717) is 23.9 Å². The van der Waals surface area contributed by atoms with Gasteiger partial charge in [-0.1, -0.05) is 17.3 Å². The van der Waals surface area contributed by atoms with Gasteiger partial charge in [0.05, 0.1) is 11.1 Å². The molecule has 1 aliphatic carbocycles. The molecule has 1 aliphatic rings. The molecule has 174 valence electrons. The van der Waals surface area contributed by atoms with Crippen LogP contribution in [0.25, 0.3) is 10.8 Å². The first-order valence-electron chi connectivity index (χ1n) is 10.3. The summed E-state index contributed by atoms with van der Waals surface area (Å²) in [5.74, 6) is -2.19. The molecular weight excluding hydrogens is 552 g/mol. The van der Waals surface area contributed by atoms with Gasteiger partial charge in [0.2, 0.25) is 5.60 Å². The highest BCUT2D eigenvalue weighted by molar-refractivity contribution is 14.1. The zero-order chi connectivity index (χ0) is 24.0. The van der Waals surface area contributed by atoms with Crippen molar-refractivity contribution >= 4 is 45.0 Å². The van der Waals surface area contributed by atoms with Crippen LogP contribution in [0.15, 0.2) is 45.7 Å². The molecule has 4 rings (SSSR count). The minimum Gasteiger partial charge on any atom is -0.373 e. The minimum atomic E-state index is -5.19. The fraction of sp³-hybridized carbons (Fsp3) is 0.348. The average molecular weight is 572 g/mol. The summed E-state index contributed by atoms with van der Waals surface area (Å²) in [6.07, 6.45) is -4.11. The Morgan fingerprint density at radius 2 is 2.03 bits per heavy atom. The maximum Gasteiger partial charge on any atom is 0.426 e. The number of hydrogen-bond acceptors (Lipinski definition) is 5. The number of aromatic nitrogens is 1. The van der Waals surface area contributed by atoms with Crippen molar-refractivity contribution in [1.82, 2.24) is 5.16 Å². The lowest BCUT2D eigenvalue weighted by Crippen LogP contribution is -2.55. The lowest BCUT2D eigenvalue weighted by atomic mass is 9.76. The first kappa shape index (κ1) is 23.7. The van der Waals surface area contributed by atoms with Crippen molar-refractivity contribution in [3.05, 3.63) is 67.2 Å². The number of nitrogens with one attached hydrogen (secondary N) is 1. The predicted octanol–water partition coefficient (Wildman–Crippen LogP) is 4.84. The Morgan fingerprint density at radius 3 is 2.76 bits per heavy atom. The second kappa shape index (κ2) is 8.71. The molecule has 6 nitrogen and oxygen atoms in total. The fourth-order valence-electron chi connectivity index (χ4n) is 4.38. The van der Waals surface area contributed by atoms with Crippen molar-refractivity contribution in [2.24, 2.45) is 0 Å². The van der Waals surface area contributed by atoms with Gasteiger partial charge in [-0.05, 0) is 90.1 Å². The number of nitrogens with zero attached hydrogens (tertiary/aromatic N) is 1. The highest BCUT2D eigenvalue weighted by Crippen LogP contribution is 2.44. The van der Waals surface area contributed by atoms with E-state index in [0.717, 1.165) is 21.1 Å². The SMILES string of the molecule is Cc1noc(=O)c2ccc(NC(=O)C(O)(CC3CCCc4cccc(I)c43)C(F)(F)F)cc12. The number of fused-ring (bicyclic) bond motifs is 2. The van der Waals surface area contributed by atoms with E-state index < -0.39 is 35.6 Å². The zero-order valence-electron chi connectivity index (χ0n) is 17.5. The van der Waals surface area contributed by atoms with Gasteiger partial charge in [0.25, 0.3) is 5.91 Å². The Balaban J connectivity index is 1.67. The maximum atomic E-state index is 14.1. The average Bonchev–Trinajstić information content (AvgIpc) is 2.76. The summed E-state index contributed by atoms with van der Waals surface area (Å²) >= 11 is 2.08. The van der Waals surface area contributed by atoms with Crippen molar-refractivity contribution in [1.29, 1.82) is 0 Å². The van der Waals surface area contributed by atoms with Gasteiger partial charge in [0, 0.05) is 21.1 Å². The van der Waals surface area contributed by atoms with Gasteiger partial charge in [0.1, 0.15) is 0 Å². The number of benzene rings is 2. The Labute approximate surface area is 200 Å². The molecule has 0 saturated heterocycles. The number of rotatable bonds is 4. The van der Waals surface area contributed by atoms with Crippen molar-refractivity contribution in [2.75, 3.05) is 5.32 Å². The molecule has 2 atom stereocenters. The van der Waals surface area contributed by atoms with Gasteiger partial charge in [-0.25, -0.2) is 4.79 Å². The van der Waals surface area contributed by atoms with E-state index in [1.165, 1.54) is 18.2 Å². The number of amides is 1. The molecule has 3 aromatic rings. The van der Waals surface area contributed by atoms with E-state index in [2.05, 4.69) is 37.6 Å². The molecule has 10 heteroatoms. The van der Waals surface area contributed by atoms with Crippen LogP contribution in [0.3, 0.4) is 0 Å². The maximum absolute atomic E-state index is 14.1. The minimum absolute atomic E-state index is 0.00398. The van der Waals surface area contributed by atoms with Crippen LogP contribution in [-0.4, -0.2) is 27.9 Å². The van der Waals surface area contributed by atoms with Crippen molar-refractivity contribution in [3.63, 3.8) is 0 Å². The highest BCUT2D eigenvalue weighted by atomic mass is 127. The lowest BCUT2D eigenvalue weighted by Gasteiger charge is -2.35. The summed E-state index contributed by atoms with van der Waals surface area (Å²) < 4.78 is 47.7. The van der Waals surface area contributed by atoms with Gasteiger partial charge in [-0.3, -0.25) is 4.79 Å². The molecule has 0 fully saturated rings. The molecule has 0 saturated carbocycles. The molecule has 33 heavy (non-hydrogen) atoms. The summed E-state index contributed by atoms with van der Waals surface area (Å²) in [5, 5.41) is 17.0. The normalized spacial score (nSPS) is 17.9. The van der Waals surface area contributed by atoms with Gasteiger partial charge >= 0.3 is 11.8 Å². The smallest absolute Gasteiger partial charge is 0.373 e. The van der Waals surface area contributed by atoms with Crippen molar-refractivity contribution < 1.29 is 27.6 Å². The summed E-state index contributed by atoms with van der Waals surface area (Å²) in [5.41, 5.74) is -2.25. The van der Waals surface area contributed by atoms with Crippen LogP contribution in [0.2, 0.25) is 0 Å². The third kappa shape index (κ3) is 4.37. The first-order valence-corrected chi connectivity index (χ1v) is 11.4. The molecule has 1 heterocycles. The van der Waals surface area contributed by atoms with Crippen molar-refractivity contribution in [2.45, 2.75) is 50.3 Å². The third-order valence-corrected chi connectivity index (χ3v) is 7.03. The molecular formula is C23H20F3IN2O4. The van der Waals surface area contributed by atoms with Crippen molar-refractivity contribution in [3.8, 4) is 0 Å². The Kier molecular flexibility index (Phi) is 6.25. The predicted molar refractivity (Wildman–Crippen MR) is 124 cm³/mol. The third-order valence-electron chi connectivity index (χ3n) is 6.09. The number of hydrogen-bond donors (Lipinski definition) is 2. The number of aryl methyl sites for hydroxylation is 2. The van der Waals surface area contributed by atoms with Crippen LogP contribution < -0.4 is 10.9 Å². The Morgan fingerprint density at radius 1 is 1.27 bits per heavy atom. The monoisotopic (exact) mass is 572 g/mol. The number of carbonyl (C=O) groups is 1. The summed E-state index contributed by atoms with van der Waals surface area (Å²) in [4.78, 5) is 24.7. The summed E-state index contributed by atoms with van der Waals surface area (Å²) in [7, 11) is 0. The molecule has 1 aromatic heterocycles. The van der Waals surface area contributed by atoms with E-state index in [1.54, 1.807) is 6.92 Å². The van der Waals surface area contributed by atoms with Crippen LogP contribution in [-0.2, 0) is 11.2 Å². The highest BCUT2D eigenvalue weighted by Gasteiger charge is 2.60. The summed E-state index contributed by atoms with van der Waals surface area (Å²) in [6.45, 7) is 1.56. The Bertz CT molecular complexity index is 1290. The van der Waals surface area contributed by atoms with Gasteiger partial charge in [0.15, 0.2) is 0 Å². The second-order valence-electron chi connectivity index (χ2n) is 8.23. The van der Waals surface area contributed by atoms with E-state index in [4.69, 9.17) is 0 Å². The second-order valence-corrected chi connectivity index (χ2v) is 9.40. The topological polar surface area (TPSA) is 92.4 Å². The standard InChI is InChI=1S/C23H20F3IN2O4/c1-12-17-10-15(8-9-16(17)20(30)33-29-12)28-21(31)22(32,23(24,25)26)11-14-6-2-4-13-5-3-7-18(27)19(13)14/h3,5,7-10,14,32H,2,4,6,11H2,1H3,(H,28,31). The van der Waals surface area contributed by atoms with E-state index >= 15 is 0 Å². The fourth-order valence-corrected chi connectivity index (χ4v) is 5.37. The van der Waals surface area contributed by atoms with Gasteiger partial charge in [-0.2, -0.15) is 13.2 Å². The summed E-state index contributed by atoms with van der Waals surface area (Å²) in [6, 6.07) is 9.49. The number of anilines is 1. The van der Waals surface area contributed by atoms with Gasteiger partial charge < -0.3 is 14.9 Å². The molecule has 0 spiro atoms. The van der Waals surface area contributed by atoms with Crippen LogP contribution in [0.5, 0.6) is 0 Å². The molecule has 0 bridgehead atoms. The molecule has 0 radical (unpaired) electrons. The number of halogens is 4. The first-order chi connectivity index (χ1) is 15.5. The number of carbonyl (C=O) groups excluding carboxylic acids is 1. The molecule has 2 unspecified atom stereocenters. The van der Waals surface area contributed by atoms with Crippen LogP contribution in [0, 0.1) is 10.5 Å². The number of alkyl halides is 3. The van der Waals surface area contributed by atoms with E-state index in [-0.39, 0.29) is 11.1 Å². The quantitative estimate of drug-likeness (QED) is 0.437. The molecule has 1 amide bonds. The number of aliphatic hydroxyl groups is 1. The molecule has 0 aliphatic heterocycles. The largest absolute Gasteiger partial charge is 0.426 e. The lowest BCUT2D eigenvalue weighted by molar-refractivity contribution is -0.252. The molecule has 2 aromatic carbocycles. The van der Waals surface area contributed by atoms with E-state index in [1.807, 2.05) is 18.2 Å². The Hall–Kier alpha value is -2.47. The van der Waals surface area contributed by atoms with Crippen LogP contribution in [0.1, 0.15) is 42.0 Å². The zero-order valence-corrected chi connectivity index (χ0v) is 19.7. The van der Waals surface area contributed by atoms with Crippen LogP contribution >= 0.6 is 22.6 Å². The van der Waals surface area contributed by atoms with Gasteiger partial charge in [-0.15, -0.1) is 0 Å². The van der Waals surface area contributed by atoms with Crippen LogP contribution in [0.4, 0.5) is 18.9 Å². The van der Waals surface area contributed by atoms with E-state index in [9.17, 15) is 27.9 Å².